The predicted octanol–water partition coefficient (Wildman–Crippen LogP) is 1.46. The van der Waals surface area contributed by atoms with Gasteiger partial charge in [0.05, 0.1) is 20.0 Å². The van der Waals surface area contributed by atoms with Gasteiger partial charge in [-0.3, -0.25) is 8.98 Å². The molecule has 0 heterocycles. The van der Waals surface area contributed by atoms with E-state index in [9.17, 15) is 18.0 Å². The molecule has 0 aromatic heterocycles. The highest BCUT2D eigenvalue weighted by Gasteiger charge is 2.30. The van der Waals surface area contributed by atoms with Gasteiger partial charge in [0, 0.05) is 24.3 Å². The first-order valence-electron chi connectivity index (χ1n) is 6.93. The van der Waals surface area contributed by atoms with Crippen LogP contribution in [-0.2, 0) is 28.6 Å². The zero-order chi connectivity index (χ0) is 16.0. The van der Waals surface area contributed by atoms with Crippen LogP contribution in [0.3, 0.4) is 0 Å². The van der Waals surface area contributed by atoms with E-state index < -0.39 is 16.1 Å². The molecule has 7 heteroatoms. The lowest BCUT2D eigenvalue weighted by Crippen LogP contribution is -2.17. The van der Waals surface area contributed by atoms with Gasteiger partial charge >= 0.3 is 5.97 Å². The minimum atomic E-state index is -3.52. The van der Waals surface area contributed by atoms with Crippen molar-refractivity contribution in [3.8, 4) is 0 Å². The van der Waals surface area contributed by atoms with Gasteiger partial charge in [0.2, 0.25) is 0 Å². The van der Waals surface area contributed by atoms with Crippen LogP contribution in [0, 0.1) is 11.8 Å². The minimum Gasteiger partial charge on any atom is -0.466 e. The van der Waals surface area contributed by atoms with Gasteiger partial charge in [-0.15, -0.1) is 0 Å². The largest absolute Gasteiger partial charge is 0.466 e. The van der Waals surface area contributed by atoms with Gasteiger partial charge < -0.3 is 4.74 Å². The predicted molar refractivity (Wildman–Crippen MR) is 77.0 cm³/mol. The van der Waals surface area contributed by atoms with Gasteiger partial charge in [-0.05, 0) is 18.8 Å². The number of ether oxygens (including phenoxy) is 1. The topological polar surface area (TPSA) is 86.7 Å². The van der Waals surface area contributed by atoms with E-state index >= 15 is 0 Å². The molecular formula is C14H22O6S. The SMILES string of the molecule is CC[C@@H](/C=C(\C(=O)OC)[C@H]1CCC(=O)C1)COS(C)(=O)=O. The third-order valence-electron chi connectivity index (χ3n) is 3.54. The zero-order valence-corrected chi connectivity index (χ0v) is 13.4. The van der Waals surface area contributed by atoms with E-state index in [0.29, 0.717) is 31.3 Å². The normalized spacial score (nSPS) is 21.4. The average molecular weight is 318 g/mol. The number of ketones is 1. The fourth-order valence-electron chi connectivity index (χ4n) is 2.32. The molecule has 2 atom stereocenters. The second-order valence-electron chi connectivity index (χ2n) is 5.25. The fraction of sp³-hybridized carbons (Fsp3) is 0.714. The Kier molecular flexibility index (Phi) is 6.54. The van der Waals surface area contributed by atoms with Crippen LogP contribution in [0.1, 0.15) is 32.6 Å². The van der Waals surface area contributed by atoms with E-state index in [4.69, 9.17) is 8.92 Å². The van der Waals surface area contributed by atoms with Crippen LogP contribution in [0.2, 0.25) is 0 Å². The molecule has 0 unspecified atom stereocenters. The van der Waals surface area contributed by atoms with Crippen molar-refractivity contribution in [2.24, 2.45) is 11.8 Å². The highest BCUT2D eigenvalue weighted by molar-refractivity contribution is 7.85. The van der Waals surface area contributed by atoms with Crippen LogP contribution in [-0.4, -0.2) is 40.1 Å². The quantitative estimate of drug-likeness (QED) is 0.401. The highest BCUT2D eigenvalue weighted by atomic mass is 32.2. The lowest BCUT2D eigenvalue weighted by molar-refractivity contribution is -0.136. The number of esters is 1. The Labute approximate surface area is 125 Å². The first-order chi connectivity index (χ1) is 9.76. The molecular weight excluding hydrogens is 296 g/mol. The van der Waals surface area contributed by atoms with Gasteiger partial charge in [-0.2, -0.15) is 8.42 Å². The minimum absolute atomic E-state index is 0.0174. The summed E-state index contributed by atoms with van der Waals surface area (Å²) < 4.78 is 31.7. The Hall–Kier alpha value is -1.21. The molecule has 6 nitrogen and oxygen atoms in total. The molecule has 120 valence electrons. The Morgan fingerprint density at radius 3 is 2.57 bits per heavy atom. The molecule has 1 aliphatic carbocycles. The molecule has 0 spiro atoms. The molecule has 0 radical (unpaired) electrons. The lowest BCUT2D eigenvalue weighted by Gasteiger charge is -2.16. The molecule has 1 aliphatic rings. The summed E-state index contributed by atoms with van der Waals surface area (Å²) in [6.07, 6.45) is 4.74. The Balaban J connectivity index is 2.88. The Morgan fingerprint density at radius 2 is 2.14 bits per heavy atom. The maximum absolute atomic E-state index is 11.9. The van der Waals surface area contributed by atoms with Crippen molar-refractivity contribution in [1.82, 2.24) is 0 Å². The highest BCUT2D eigenvalue weighted by Crippen LogP contribution is 2.31. The van der Waals surface area contributed by atoms with Gasteiger partial charge in [0.15, 0.2) is 0 Å². The van der Waals surface area contributed by atoms with Crippen molar-refractivity contribution >= 4 is 21.9 Å². The summed E-state index contributed by atoms with van der Waals surface area (Å²) in [5.74, 6) is -0.690. The van der Waals surface area contributed by atoms with Gasteiger partial charge in [-0.1, -0.05) is 13.0 Å². The zero-order valence-electron chi connectivity index (χ0n) is 12.6. The molecule has 0 N–H and O–H groups in total. The van der Waals surface area contributed by atoms with Gasteiger partial charge in [0.25, 0.3) is 10.1 Å². The van der Waals surface area contributed by atoms with Crippen molar-refractivity contribution in [1.29, 1.82) is 0 Å². The summed E-state index contributed by atoms with van der Waals surface area (Å²) in [4.78, 5) is 23.3. The van der Waals surface area contributed by atoms with E-state index in [1.165, 1.54) is 7.11 Å². The molecule has 0 bridgehead atoms. The van der Waals surface area contributed by atoms with E-state index in [2.05, 4.69) is 0 Å². The third-order valence-corrected chi connectivity index (χ3v) is 4.11. The number of hydrogen-bond acceptors (Lipinski definition) is 6. The van der Waals surface area contributed by atoms with Crippen LogP contribution in [0.15, 0.2) is 11.6 Å². The monoisotopic (exact) mass is 318 g/mol. The van der Waals surface area contributed by atoms with Crippen LogP contribution in [0.25, 0.3) is 0 Å². The third kappa shape index (κ3) is 5.97. The second-order valence-corrected chi connectivity index (χ2v) is 6.89. The molecule has 1 fully saturated rings. The summed E-state index contributed by atoms with van der Waals surface area (Å²) >= 11 is 0. The summed E-state index contributed by atoms with van der Waals surface area (Å²) in [6, 6.07) is 0. The maximum atomic E-state index is 11.9. The van der Waals surface area contributed by atoms with Crippen molar-refractivity contribution in [3.05, 3.63) is 11.6 Å². The summed E-state index contributed by atoms with van der Waals surface area (Å²) in [6.45, 7) is 1.86. The van der Waals surface area contributed by atoms with E-state index in [0.717, 1.165) is 6.26 Å². The maximum Gasteiger partial charge on any atom is 0.333 e. The number of Topliss-reactive ketones (excluding diaryl/α,β-unsaturated/α-hetero) is 1. The Bertz CT molecular complexity index is 520. The Morgan fingerprint density at radius 1 is 1.48 bits per heavy atom. The summed E-state index contributed by atoms with van der Waals surface area (Å²) in [7, 11) is -2.23. The number of carbonyl (C=O) groups is 2. The molecule has 0 aromatic carbocycles. The number of carbonyl (C=O) groups excluding carboxylic acids is 2. The van der Waals surface area contributed by atoms with Gasteiger partial charge in [0.1, 0.15) is 5.78 Å². The molecule has 0 saturated heterocycles. The first-order valence-corrected chi connectivity index (χ1v) is 8.74. The van der Waals surface area contributed by atoms with Crippen molar-refractivity contribution in [2.45, 2.75) is 32.6 Å². The van der Waals surface area contributed by atoms with Crippen LogP contribution < -0.4 is 0 Å². The number of methoxy groups -OCH3 is 1. The number of rotatable bonds is 7. The van der Waals surface area contributed by atoms with E-state index in [1.54, 1.807) is 6.08 Å². The first kappa shape index (κ1) is 17.8. The molecule has 0 aromatic rings. The molecule has 21 heavy (non-hydrogen) atoms. The van der Waals surface area contributed by atoms with Crippen LogP contribution in [0.5, 0.6) is 0 Å². The van der Waals surface area contributed by atoms with Crippen LogP contribution in [0.4, 0.5) is 0 Å². The van der Waals surface area contributed by atoms with Crippen molar-refractivity contribution < 1.29 is 26.9 Å². The molecule has 0 amide bonds. The number of hydrogen-bond donors (Lipinski definition) is 0. The standard InChI is InChI=1S/C14H22O6S/c1-4-10(9-20-21(3,17)18)7-13(14(16)19-2)11-5-6-12(15)8-11/h7,10-11H,4-6,8-9H2,1-3H3/b13-7-/t10-,11-/m0/s1. The van der Waals surface area contributed by atoms with E-state index in [-0.39, 0.29) is 24.2 Å². The lowest BCUT2D eigenvalue weighted by atomic mass is 9.93. The molecule has 1 saturated carbocycles. The fourth-order valence-corrected chi connectivity index (χ4v) is 2.74. The molecule has 0 aliphatic heterocycles. The van der Waals surface area contributed by atoms with Crippen molar-refractivity contribution in [2.75, 3.05) is 20.0 Å². The average Bonchev–Trinajstić information content (AvgIpc) is 2.83. The summed E-state index contributed by atoms with van der Waals surface area (Å²) in [5, 5.41) is 0. The molecule has 1 rings (SSSR count). The second kappa shape index (κ2) is 7.70. The van der Waals surface area contributed by atoms with Crippen molar-refractivity contribution in [3.63, 3.8) is 0 Å². The van der Waals surface area contributed by atoms with E-state index in [1.807, 2.05) is 6.92 Å². The summed E-state index contributed by atoms with van der Waals surface area (Å²) in [5.41, 5.74) is 0.451. The van der Waals surface area contributed by atoms with Gasteiger partial charge in [-0.25, -0.2) is 4.79 Å². The smallest absolute Gasteiger partial charge is 0.333 e. The van der Waals surface area contributed by atoms with Crippen LogP contribution >= 0.6 is 0 Å².